The topological polar surface area (TPSA) is 198 Å². The van der Waals surface area contributed by atoms with E-state index in [9.17, 15) is 34.8 Å². The van der Waals surface area contributed by atoms with Crippen LogP contribution in [0.5, 0.6) is 11.5 Å². The fourth-order valence-electron chi connectivity index (χ4n) is 7.67. The summed E-state index contributed by atoms with van der Waals surface area (Å²) in [6.07, 6.45) is 2.54. The summed E-state index contributed by atoms with van der Waals surface area (Å²) in [5, 5.41) is 47.7. The molecule has 5 N–H and O–H groups in total. The number of aliphatic hydroxyl groups is 3. The molecule has 0 radical (unpaired) electrons. The molecule has 1 aliphatic carbocycles. The van der Waals surface area contributed by atoms with Gasteiger partial charge in [0.05, 0.1) is 41.6 Å². The number of ether oxygens (including phenoxy) is 3. The quantitative estimate of drug-likeness (QED) is 0.0788. The number of hydrogen-bond donors (Lipinski definition) is 5. The molecule has 0 saturated carbocycles. The number of fused-ring (bicyclic) bond motifs is 17. The van der Waals surface area contributed by atoms with E-state index in [2.05, 4.69) is 5.32 Å². The molecule has 318 valence electrons. The second kappa shape index (κ2) is 18.0. The van der Waals surface area contributed by atoms with E-state index in [1.54, 1.807) is 59.8 Å². The van der Waals surface area contributed by atoms with Gasteiger partial charge in [0.25, 0.3) is 5.91 Å². The number of hydrogen-bond acceptors (Lipinski definition) is 12. The van der Waals surface area contributed by atoms with Crippen molar-refractivity contribution in [1.82, 2.24) is 4.98 Å². The van der Waals surface area contributed by atoms with Gasteiger partial charge >= 0.3 is 0 Å². The zero-order valence-corrected chi connectivity index (χ0v) is 35.3. The molecule has 14 heteroatoms. The Labute approximate surface area is 342 Å². The van der Waals surface area contributed by atoms with E-state index in [0.29, 0.717) is 5.56 Å². The summed E-state index contributed by atoms with van der Waals surface area (Å²) < 4.78 is 39.3. The predicted molar refractivity (Wildman–Crippen MR) is 222 cm³/mol. The molecule has 2 aromatic rings. The lowest BCUT2D eigenvalue weighted by molar-refractivity contribution is -0.112. The predicted octanol–water partition coefficient (Wildman–Crippen LogP) is 7.28. The van der Waals surface area contributed by atoms with E-state index in [0.717, 1.165) is 0 Å². The van der Waals surface area contributed by atoms with Crippen molar-refractivity contribution < 1.29 is 53.0 Å². The number of anilines is 1. The highest BCUT2D eigenvalue weighted by Crippen LogP contribution is 2.46. The van der Waals surface area contributed by atoms with E-state index in [4.69, 9.17) is 23.6 Å². The Bertz CT molecular complexity index is 2370. The van der Waals surface area contributed by atoms with Crippen molar-refractivity contribution in [3.63, 3.8) is 0 Å². The first-order chi connectivity index (χ1) is 27.7. The normalized spacial score (nSPS) is 28.5. The number of aromatic hydroxyl groups is 1. The molecule has 0 fully saturated rings. The van der Waals surface area contributed by atoms with Crippen molar-refractivity contribution in [2.45, 2.75) is 106 Å². The number of nitrogens with zero attached hydrogens (tertiary/aromatic N) is 1. The molecule has 0 aromatic heterocycles. The number of ketones is 1. The van der Waals surface area contributed by atoms with Gasteiger partial charge in [-0.15, -0.1) is 0 Å². The summed E-state index contributed by atoms with van der Waals surface area (Å²) >= 11 is 0. The monoisotopic (exact) mass is 818 g/mol. The lowest BCUT2D eigenvalue weighted by atomic mass is 9.78. The van der Waals surface area contributed by atoms with Crippen LogP contribution < -0.4 is 15.5 Å². The van der Waals surface area contributed by atoms with E-state index in [1.165, 1.54) is 59.3 Å². The van der Waals surface area contributed by atoms with Crippen molar-refractivity contribution >= 4 is 39.2 Å². The number of allylic oxidation sites excluding steroid dienone is 2. The maximum absolute atomic E-state index is 15.4. The fourth-order valence-corrected chi connectivity index (χ4v) is 7.67. The Hall–Kier alpha value is -5.15. The maximum atomic E-state index is 15.4. The average molecular weight is 819 g/mol. The van der Waals surface area contributed by atoms with Crippen molar-refractivity contribution in [1.29, 1.82) is 0 Å². The number of phenols is 1. The Morgan fingerprint density at radius 2 is 1.59 bits per heavy atom. The summed E-state index contributed by atoms with van der Waals surface area (Å²) in [7, 11) is 1.46. The molecule has 3 heterocycles. The molecule has 1 amide bonds. The molecule has 4 bridgehead atoms. The lowest BCUT2D eigenvalue weighted by Crippen LogP contribution is -2.44. The lowest BCUT2D eigenvalue weighted by Gasteiger charge is -2.36. The average Bonchev–Trinajstić information content (AvgIpc) is 3.19. The first-order valence-corrected chi connectivity index (χ1v) is 19.7. The van der Waals surface area contributed by atoms with E-state index >= 15 is 4.39 Å². The smallest absolute Gasteiger partial charge is 0.251 e. The number of methoxy groups -OCH3 is 1. The zero-order valence-electron chi connectivity index (χ0n) is 35.3. The fraction of sp³-hybridized carbons (Fsp3) is 0.467. The molecule has 0 spiro atoms. The van der Waals surface area contributed by atoms with Crippen LogP contribution >= 0.6 is 0 Å². The molecular formula is C45H55FN2O11. The van der Waals surface area contributed by atoms with Crippen LogP contribution in [0.2, 0.25) is 0 Å². The number of rotatable bonds is 3. The van der Waals surface area contributed by atoms with Crippen LogP contribution in [-0.4, -0.2) is 74.9 Å². The molecular weight excluding hydrogens is 763 g/mol. The minimum atomic E-state index is -1.11. The largest absolute Gasteiger partial charge is 0.507 e. The number of aliphatic hydroxyl groups excluding tert-OH is 3. The highest BCUT2D eigenvalue weighted by Gasteiger charge is 2.37. The first-order valence-electron chi connectivity index (χ1n) is 19.7. The van der Waals surface area contributed by atoms with Gasteiger partial charge in [0.1, 0.15) is 34.2 Å². The SMILES string of the molecule is CO[C@H]1/C=C/O[C@@H](C)Oc2c(C)c(O)c3c(=O)c(c4oc5cc(C(C)C)c(F)cc5nc-4c3c2C(C)=O)NC(=O)/C(C)=C\C=C\[C@H](C)[C@H](O)[C@@H](C)[C@@H](O)[C@@H](C)[C@H](O)[C@@H]1C. The third-order valence-corrected chi connectivity index (χ3v) is 11.5. The summed E-state index contributed by atoms with van der Waals surface area (Å²) in [6, 6.07) is 2.64. The molecule has 3 aliphatic heterocycles. The van der Waals surface area contributed by atoms with E-state index < -0.39 is 83.1 Å². The number of aromatic nitrogens is 1. The van der Waals surface area contributed by atoms with Gasteiger partial charge in [-0.2, -0.15) is 0 Å². The Morgan fingerprint density at radius 3 is 2.22 bits per heavy atom. The number of carbonyl (C=O) groups excluding carboxylic acids is 2. The van der Waals surface area contributed by atoms with Crippen molar-refractivity contribution in [3.05, 3.63) is 81.0 Å². The molecule has 13 nitrogen and oxygen atoms in total. The van der Waals surface area contributed by atoms with Gasteiger partial charge in [-0.3, -0.25) is 14.4 Å². The Balaban J connectivity index is 1.80. The van der Waals surface area contributed by atoms with Crippen molar-refractivity contribution in [3.8, 4) is 23.0 Å². The molecule has 6 rings (SSSR count). The van der Waals surface area contributed by atoms with Gasteiger partial charge in [-0.1, -0.05) is 59.8 Å². The summed E-state index contributed by atoms with van der Waals surface area (Å²) in [6.45, 7) is 16.2. The molecule has 0 unspecified atom stereocenters. The molecule has 59 heavy (non-hydrogen) atoms. The highest BCUT2D eigenvalue weighted by molar-refractivity contribution is 6.19. The van der Waals surface area contributed by atoms with E-state index in [-0.39, 0.29) is 67.4 Å². The van der Waals surface area contributed by atoms with Crippen LogP contribution in [-0.2, 0) is 14.3 Å². The number of amides is 1. The molecule has 9 atom stereocenters. The van der Waals surface area contributed by atoms with Crippen molar-refractivity contribution in [2.24, 2.45) is 23.7 Å². The van der Waals surface area contributed by atoms with Crippen LogP contribution in [0.1, 0.15) is 89.7 Å². The Kier molecular flexibility index (Phi) is 13.7. The summed E-state index contributed by atoms with van der Waals surface area (Å²) in [5.41, 5.74) is -0.928. The van der Waals surface area contributed by atoms with Crippen LogP contribution in [0.25, 0.3) is 33.3 Å². The molecule has 2 aromatic carbocycles. The second-order valence-electron chi connectivity index (χ2n) is 16.0. The first kappa shape index (κ1) is 44.9. The van der Waals surface area contributed by atoms with Crippen LogP contribution in [0.15, 0.2) is 57.5 Å². The van der Waals surface area contributed by atoms with Gasteiger partial charge in [0.2, 0.25) is 11.7 Å². The molecule has 0 saturated heterocycles. The minimum Gasteiger partial charge on any atom is -0.507 e. The number of halogens is 1. The van der Waals surface area contributed by atoms with Gasteiger partial charge in [-0.25, -0.2) is 9.37 Å². The molecule has 4 aliphatic rings. The minimum absolute atomic E-state index is 0.0116. The number of carbonyl (C=O) groups is 2. The number of nitrogens with one attached hydrogen (secondary N) is 1. The third-order valence-electron chi connectivity index (χ3n) is 11.5. The van der Waals surface area contributed by atoms with Crippen LogP contribution in [0, 0.1) is 36.4 Å². The highest BCUT2D eigenvalue weighted by atomic mass is 19.1. The third kappa shape index (κ3) is 8.77. The summed E-state index contributed by atoms with van der Waals surface area (Å²) in [5.74, 6) is -5.42. The number of phenolic OH excluding ortho intramolecular Hbond substituents is 1. The zero-order chi connectivity index (χ0) is 43.8. The maximum Gasteiger partial charge on any atom is 0.251 e. The Morgan fingerprint density at radius 1 is 0.949 bits per heavy atom. The van der Waals surface area contributed by atoms with Gasteiger partial charge in [-0.05, 0) is 44.4 Å². The van der Waals surface area contributed by atoms with E-state index in [1.807, 2.05) is 0 Å². The van der Waals surface area contributed by atoms with Crippen LogP contribution in [0.3, 0.4) is 0 Å². The van der Waals surface area contributed by atoms with Crippen molar-refractivity contribution in [2.75, 3.05) is 12.4 Å². The van der Waals surface area contributed by atoms with Crippen LogP contribution in [0.4, 0.5) is 10.1 Å². The van der Waals surface area contributed by atoms with Gasteiger partial charge in [0, 0.05) is 60.3 Å². The second-order valence-corrected chi connectivity index (χ2v) is 16.0. The van der Waals surface area contributed by atoms with Gasteiger partial charge < -0.3 is 44.4 Å². The standard InChI is InChI=1S/C45H55FN2O11/c1-19(2)28-17-32-30(18-29(28)46)47-36-34-33(26(9)49)43-25(8)41(53)35(34)42(54)37(44(36)59-32)48-45(55)21(4)14-12-13-20(3)38(50)23(6)40(52)24(7)39(51)22(5)31(56-11)15-16-57-27(10)58-43/h12-20,22-24,27,31,38-40,50-53H,1-11H3,(H,48,55)/b13-12+,16-15+,21-14-/t20-,22+,23+,24-,27+,31-,38-,39+,40+/m0/s1. The van der Waals surface area contributed by atoms with Gasteiger partial charge in [0.15, 0.2) is 17.1 Å². The number of benzene rings is 3. The summed E-state index contributed by atoms with van der Waals surface area (Å²) in [4.78, 5) is 46.7. The number of Topliss-reactive ketones (excluding diaryl/α,β-unsaturated/α-hetero) is 1.